The lowest BCUT2D eigenvalue weighted by Crippen LogP contribution is -2.36. The molecule has 1 aromatic rings. The number of aliphatic carboxylic acids is 3. The Hall–Kier alpha value is -3.19. The Kier molecular flexibility index (Phi) is 21.6. The highest BCUT2D eigenvalue weighted by atomic mass is 16.4. The van der Waals surface area contributed by atoms with Crippen LogP contribution < -0.4 is 22.5 Å². The Bertz CT molecular complexity index is 562. The van der Waals surface area contributed by atoms with Crippen molar-refractivity contribution in [1.29, 1.82) is 5.41 Å². The van der Waals surface area contributed by atoms with Gasteiger partial charge in [-0.2, -0.15) is 0 Å². The topological polar surface area (TPSA) is 252 Å². The molecule has 13 nitrogen and oxygen atoms in total. The van der Waals surface area contributed by atoms with Crippen molar-refractivity contribution in [2.75, 3.05) is 6.54 Å². The van der Waals surface area contributed by atoms with Gasteiger partial charge >= 0.3 is 11.9 Å². The largest absolute Gasteiger partial charge is 0.481 e. The zero-order chi connectivity index (χ0) is 24.1. The second-order valence-electron chi connectivity index (χ2n) is 5.87. The minimum absolute atomic E-state index is 0.0718. The summed E-state index contributed by atoms with van der Waals surface area (Å²) in [5, 5.41) is 33.5. The van der Waals surface area contributed by atoms with E-state index in [1.165, 1.54) is 12.7 Å². The number of guanidine groups is 1. The fourth-order valence-corrected chi connectivity index (χ4v) is 1.34. The van der Waals surface area contributed by atoms with E-state index in [0.717, 1.165) is 13.3 Å². The Morgan fingerprint density at radius 1 is 1.20 bits per heavy atom. The van der Waals surface area contributed by atoms with Crippen LogP contribution in [0.5, 0.6) is 0 Å². The number of nitrogens with two attached hydrogens (primary N) is 3. The lowest BCUT2D eigenvalue weighted by Gasteiger charge is -2.11. The third kappa shape index (κ3) is 27.0. The normalized spacial score (nSPS) is 12.0. The number of carboxylic acid groups (broad SMARTS) is 3. The predicted octanol–water partition coefficient (Wildman–Crippen LogP) is -0.129. The first-order chi connectivity index (χ1) is 13.9. The lowest BCUT2D eigenvalue weighted by atomic mass is 10.0. The van der Waals surface area contributed by atoms with Crippen LogP contribution in [0.15, 0.2) is 23.3 Å². The summed E-state index contributed by atoms with van der Waals surface area (Å²) < 4.78 is 4.47. The third-order valence-corrected chi connectivity index (χ3v) is 3.21. The van der Waals surface area contributed by atoms with E-state index in [9.17, 15) is 9.59 Å². The first kappa shape index (κ1) is 31.5. The molecule has 0 fully saturated rings. The fraction of sp³-hybridized carbons (Fsp3) is 0.588. The smallest absolute Gasteiger partial charge is 0.320 e. The molecule has 0 aliphatic carbocycles. The molecule has 0 amide bonds. The molecule has 30 heavy (non-hydrogen) atoms. The highest BCUT2D eigenvalue weighted by Gasteiger charge is 2.17. The Morgan fingerprint density at radius 3 is 1.97 bits per heavy atom. The maximum Gasteiger partial charge on any atom is 0.320 e. The van der Waals surface area contributed by atoms with E-state index >= 15 is 0 Å². The molecule has 0 unspecified atom stereocenters. The number of aromatic nitrogens is 1. The van der Waals surface area contributed by atoms with Crippen molar-refractivity contribution >= 4 is 23.9 Å². The molecule has 3 atom stereocenters. The van der Waals surface area contributed by atoms with Crippen molar-refractivity contribution in [3.8, 4) is 0 Å². The monoisotopic (exact) mass is 434 g/mol. The van der Waals surface area contributed by atoms with E-state index in [-0.39, 0.29) is 11.9 Å². The highest BCUT2D eigenvalue weighted by Crippen LogP contribution is 2.04. The molecule has 1 heterocycles. The van der Waals surface area contributed by atoms with Crippen LogP contribution in [-0.4, -0.2) is 62.8 Å². The molecule has 0 bridgehead atoms. The second-order valence-corrected chi connectivity index (χ2v) is 5.87. The van der Waals surface area contributed by atoms with Gasteiger partial charge in [0.2, 0.25) is 0 Å². The first-order valence-electron chi connectivity index (χ1n) is 8.92. The molecule has 0 aliphatic rings. The molecule has 1 rings (SSSR count). The third-order valence-electron chi connectivity index (χ3n) is 3.21. The van der Waals surface area contributed by atoms with E-state index < -0.39 is 30.0 Å². The lowest BCUT2D eigenvalue weighted by molar-refractivity contribution is -0.140. The molecule has 0 saturated carbocycles. The van der Waals surface area contributed by atoms with Crippen molar-refractivity contribution in [3.05, 3.63) is 18.9 Å². The fourth-order valence-electron chi connectivity index (χ4n) is 1.34. The Labute approximate surface area is 175 Å². The average Bonchev–Trinajstić information content (AvgIpc) is 3.23. The number of hydrogen-bond acceptors (Lipinski definition) is 8. The molecule has 0 spiro atoms. The zero-order valence-corrected chi connectivity index (χ0v) is 17.4. The summed E-state index contributed by atoms with van der Waals surface area (Å²) in [4.78, 5) is 32.9. The maximum atomic E-state index is 10.2. The molecule has 11 N–H and O–H groups in total. The first-order valence-corrected chi connectivity index (χ1v) is 8.92. The quantitative estimate of drug-likeness (QED) is 0.151. The van der Waals surface area contributed by atoms with Crippen LogP contribution in [0.1, 0.15) is 40.0 Å². The number of carboxylic acids is 3. The number of oxazole rings is 1. The van der Waals surface area contributed by atoms with Crippen molar-refractivity contribution < 1.29 is 34.1 Å². The minimum atomic E-state index is -1.00. The maximum absolute atomic E-state index is 10.2. The summed E-state index contributed by atoms with van der Waals surface area (Å²) in [6.07, 6.45) is 6.26. The molecule has 13 heteroatoms. The van der Waals surface area contributed by atoms with E-state index in [2.05, 4.69) is 14.7 Å². The number of hydrogen-bond donors (Lipinski definition) is 8. The highest BCUT2D eigenvalue weighted by molar-refractivity contribution is 5.74. The van der Waals surface area contributed by atoms with Crippen LogP contribution in [0.3, 0.4) is 0 Å². The van der Waals surface area contributed by atoms with Crippen LogP contribution in [0.25, 0.3) is 0 Å². The summed E-state index contributed by atoms with van der Waals surface area (Å²) in [6, 6.07) is -1.52. The minimum Gasteiger partial charge on any atom is -0.481 e. The van der Waals surface area contributed by atoms with Gasteiger partial charge < -0.3 is 42.3 Å². The Morgan fingerprint density at radius 2 is 1.73 bits per heavy atom. The molecular weight excluding hydrogens is 400 g/mol. The van der Waals surface area contributed by atoms with Crippen molar-refractivity contribution in [2.24, 2.45) is 23.1 Å². The van der Waals surface area contributed by atoms with Gasteiger partial charge in [0, 0.05) is 13.5 Å². The summed E-state index contributed by atoms with van der Waals surface area (Å²) in [7, 11) is 0. The van der Waals surface area contributed by atoms with Gasteiger partial charge in [0.05, 0.1) is 6.20 Å². The van der Waals surface area contributed by atoms with Gasteiger partial charge in [0.25, 0.3) is 5.97 Å². The summed E-state index contributed by atoms with van der Waals surface area (Å²) in [5.74, 6) is -2.79. The second kappa shape index (κ2) is 20.5. The van der Waals surface area contributed by atoms with E-state index in [0.29, 0.717) is 19.4 Å². The van der Waals surface area contributed by atoms with Gasteiger partial charge in [-0.3, -0.25) is 19.8 Å². The molecular formula is C17H34N6O7. The molecule has 0 aromatic carbocycles. The molecule has 174 valence electrons. The van der Waals surface area contributed by atoms with Gasteiger partial charge in [0.15, 0.2) is 12.4 Å². The number of nitrogens with one attached hydrogen (secondary N) is 2. The van der Waals surface area contributed by atoms with E-state index in [4.69, 9.17) is 42.7 Å². The predicted molar refractivity (Wildman–Crippen MR) is 110 cm³/mol. The van der Waals surface area contributed by atoms with Crippen molar-refractivity contribution in [2.45, 2.75) is 52.1 Å². The van der Waals surface area contributed by atoms with E-state index in [1.807, 2.05) is 13.8 Å². The van der Waals surface area contributed by atoms with Crippen molar-refractivity contribution in [1.82, 2.24) is 10.3 Å². The number of carbonyl (C=O) groups is 3. The van der Waals surface area contributed by atoms with Gasteiger partial charge in [-0.05, 0) is 18.8 Å². The van der Waals surface area contributed by atoms with Crippen LogP contribution in [0.4, 0.5) is 0 Å². The summed E-state index contributed by atoms with van der Waals surface area (Å²) in [6.45, 7) is 5.32. The van der Waals surface area contributed by atoms with Crippen LogP contribution in [0, 0.1) is 11.3 Å². The summed E-state index contributed by atoms with van der Waals surface area (Å²) in [5.41, 5.74) is 15.5. The van der Waals surface area contributed by atoms with Crippen molar-refractivity contribution in [3.63, 3.8) is 0 Å². The Balaban J connectivity index is -0.000000353. The molecule has 1 aromatic heterocycles. The zero-order valence-electron chi connectivity index (χ0n) is 17.4. The van der Waals surface area contributed by atoms with Gasteiger partial charge in [-0.15, -0.1) is 0 Å². The summed E-state index contributed by atoms with van der Waals surface area (Å²) >= 11 is 0. The average molecular weight is 434 g/mol. The van der Waals surface area contributed by atoms with Crippen LogP contribution in [-0.2, 0) is 14.4 Å². The number of rotatable bonds is 8. The van der Waals surface area contributed by atoms with Gasteiger partial charge in [-0.1, -0.05) is 20.3 Å². The SMILES string of the molecule is CC(=O)O.CC[C@H](C)[C@H](N)C(=O)O.N=C(N)NCCC[C@H](N)C(=O)O.c1cocn1. The molecule has 0 aliphatic heterocycles. The van der Waals surface area contributed by atoms with Gasteiger partial charge in [0.1, 0.15) is 18.3 Å². The van der Waals surface area contributed by atoms with Gasteiger partial charge in [-0.25, -0.2) is 4.98 Å². The molecule has 0 saturated heterocycles. The number of nitrogens with zero attached hydrogens (tertiary/aromatic N) is 1. The van der Waals surface area contributed by atoms with Crippen LogP contribution in [0.2, 0.25) is 0 Å². The van der Waals surface area contributed by atoms with E-state index in [1.54, 1.807) is 6.20 Å². The standard InChI is InChI=1S/C6H14N4O2.C6H13NO2.C3H3NO.C2H4O2/c7-4(5(11)12)2-1-3-10-6(8)9;1-3-4(2)5(7)6(8)9;1-2-5-3-4-1;1-2(3)4/h4H,1-3,7H2,(H,11,12)(H4,8,9,10);4-5H,3,7H2,1-2H3,(H,8,9);1-3H;1H3,(H,3,4)/t4-;4-,5-;;/m00../s1. The van der Waals surface area contributed by atoms with Crippen LogP contribution >= 0.6 is 0 Å². The molecule has 0 radical (unpaired) electrons.